The van der Waals surface area contributed by atoms with Gasteiger partial charge in [0.2, 0.25) is 0 Å². The summed E-state index contributed by atoms with van der Waals surface area (Å²) in [6.45, 7) is 4.50. The van der Waals surface area contributed by atoms with Crippen LogP contribution in [0.25, 0.3) is 0 Å². The van der Waals surface area contributed by atoms with E-state index in [0.29, 0.717) is 22.9 Å². The fourth-order valence-electron chi connectivity index (χ4n) is 1.54. The molecule has 1 amide bonds. The Bertz CT molecular complexity index is 421. The first kappa shape index (κ1) is 14.8. The maximum atomic E-state index is 12.1. The summed E-state index contributed by atoms with van der Waals surface area (Å²) in [6.07, 6.45) is 0. The van der Waals surface area contributed by atoms with Gasteiger partial charge in [-0.25, -0.2) is 0 Å². The van der Waals surface area contributed by atoms with Gasteiger partial charge in [0.15, 0.2) is 0 Å². The summed E-state index contributed by atoms with van der Waals surface area (Å²) < 4.78 is 5.08. The Morgan fingerprint density at radius 2 is 2.17 bits per heavy atom. The highest BCUT2D eigenvalue weighted by molar-refractivity contribution is 6.34. The van der Waals surface area contributed by atoms with E-state index < -0.39 is 0 Å². The number of methoxy groups -OCH3 is 1. The van der Waals surface area contributed by atoms with Gasteiger partial charge in [-0.05, 0) is 24.1 Å². The number of ether oxygens (including phenoxy) is 1. The van der Waals surface area contributed by atoms with Crippen LogP contribution in [0.15, 0.2) is 18.2 Å². The molecule has 0 fully saturated rings. The van der Waals surface area contributed by atoms with Crippen molar-refractivity contribution in [2.75, 3.05) is 19.5 Å². The Labute approximate surface area is 112 Å². The van der Waals surface area contributed by atoms with Gasteiger partial charge < -0.3 is 15.8 Å². The lowest BCUT2D eigenvalue weighted by atomic mass is 10.0. The van der Waals surface area contributed by atoms with Crippen molar-refractivity contribution < 1.29 is 9.53 Å². The minimum absolute atomic E-state index is 0.0556. The molecule has 0 heterocycles. The lowest BCUT2D eigenvalue weighted by Crippen LogP contribution is -2.41. The molecule has 0 saturated heterocycles. The van der Waals surface area contributed by atoms with Crippen LogP contribution >= 0.6 is 11.6 Å². The quantitative estimate of drug-likeness (QED) is 0.807. The molecule has 0 aromatic heterocycles. The largest absolute Gasteiger partial charge is 0.399 e. The summed E-state index contributed by atoms with van der Waals surface area (Å²) in [4.78, 5) is 12.1. The Morgan fingerprint density at radius 1 is 1.50 bits per heavy atom. The molecule has 18 heavy (non-hydrogen) atoms. The first-order valence-corrected chi connectivity index (χ1v) is 6.18. The average Bonchev–Trinajstić information content (AvgIpc) is 2.31. The van der Waals surface area contributed by atoms with E-state index in [-0.39, 0.29) is 17.9 Å². The topological polar surface area (TPSA) is 64.3 Å². The Kier molecular flexibility index (Phi) is 5.44. The number of halogens is 1. The number of hydrogen-bond donors (Lipinski definition) is 2. The molecule has 1 unspecified atom stereocenters. The second kappa shape index (κ2) is 6.61. The average molecular weight is 271 g/mol. The van der Waals surface area contributed by atoms with Crippen molar-refractivity contribution in [3.8, 4) is 0 Å². The number of carbonyl (C=O) groups is 1. The second-order valence-electron chi connectivity index (χ2n) is 4.52. The molecule has 1 aromatic carbocycles. The molecule has 0 aliphatic carbocycles. The number of hydrogen-bond acceptors (Lipinski definition) is 3. The SMILES string of the molecule is COCC(NC(=O)c1cc(N)ccc1Cl)C(C)C. The Morgan fingerprint density at radius 3 is 2.72 bits per heavy atom. The van der Waals surface area contributed by atoms with E-state index in [1.807, 2.05) is 13.8 Å². The van der Waals surface area contributed by atoms with Crippen LogP contribution in [-0.2, 0) is 4.74 Å². The predicted molar refractivity (Wildman–Crippen MR) is 73.8 cm³/mol. The third-order valence-electron chi connectivity index (χ3n) is 2.70. The van der Waals surface area contributed by atoms with Crippen LogP contribution in [0.1, 0.15) is 24.2 Å². The third kappa shape index (κ3) is 3.89. The maximum absolute atomic E-state index is 12.1. The van der Waals surface area contributed by atoms with Crippen LogP contribution in [-0.4, -0.2) is 25.7 Å². The van der Waals surface area contributed by atoms with E-state index >= 15 is 0 Å². The zero-order valence-corrected chi connectivity index (χ0v) is 11.6. The first-order chi connectivity index (χ1) is 8.45. The molecule has 0 aliphatic rings. The van der Waals surface area contributed by atoms with Crippen LogP contribution < -0.4 is 11.1 Å². The highest BCUT2D eigenvalue weighted by Gasteiger charge is 2.18. The van der Waals surface area contributed by atoms with Crippen molar-refractivity contribution in [3.63, 3.8) is 0 Å². The van der Waals surface area contributed by atoms with E-state index in [0.717, 1.165) is 0 Å². The zero-order chi connectivity index (χ0) is 13.7. The smallest absolute Gasteiger partial charge is 0.253 e. The molecule has 0 aliphatic heterocycles. The molecule has 0 radical (unpaired) electrons. The van der Waals surface area contributed by atoms with Gasteiger partial charge in [0.1, 0.15) is 0 Å². The zero-order valence-electron chi connectivity index (χ0n) is 10.9. The van der Waals surface area contributed by atoms with Crippen molar-refractivity contribution >= 4 is 23.2 Å². The number of rotatable bonds is 5. The van der Waals surface area contributed by atoms with Crippen LogP contribution in [0.4, 0.5) is 5.69 Å². The van der Waals surface area contributed by atoms with Gasteiger partial charge in [0.05, 0.1) is 23.2 Å². The summed E-state index contributed by atoms with van der Waals surface area (Å²) in [5.74, 6) is 0.0387. The van der Waals surface area contributed by atoms with Crippen LogP contribution in [0, 0.1) is 5.92 Å². The molecule has 5 heteroatoms. The normalized spacial score (nSPS) is 12.5. The molecular formula is C13H19ClN2O2. The minimum atomic E-state index is -0.233. The molecular weight excluding hydrogens is 252 g/mol. The Hall–Kier alpha value is -1.26. The molecule has 4 nitrogen and oxygen atoms in total. The fraction of sp³-hybridized carbons (Fsp3) is 0.462. The third-order valence-corrected chi connectivity index (χ3v) is 3.03. The van der Waals surface area contributed by atoms with Gasteiger partial charge in [-0.3, -0.25) is 4.79 Å². The summed E-state index contributed by atoms with van der Waals surface area (Å²) in [6, 6.07) is 4.79. The number of nitrogens with two attached hydrogens (primary N) is 1. The standard InChI is InChI=1S/C13H19ClN2O2/c1-8(2)12(7-18-3)16-13(17)10-6-9(15)4-5-11(10)14/h4-6,8,12H,7,15H2,1-3H3,(H,16,17). The summed E-state index contributed by atoms with van der Waals surface area (Å²) in [7, 11) is 1.61. The van der Waals surface area contributed by atoms with Gasteiger partial charge in [-0.2, -0.15) is 0 Å². The highest BCUT2D eigenvalue weighted by atomic mass is 35.5. The Balaban J connectivity index is 2.83. The summed E-state index contributed by atoms with van der Waals surface area (Å²) >= 11 is 5.98. The molecule has 3 N–H and O–H groups in total. The first-order valence-electron chi connectivity index (χ1n) is 5.80. The number of amides is 1. The van der Waals surface area contributed by atoms with E-state index in [1.165, 1.54) is 0 Å². The van der Waals surface area contributed by atoms with Gasteiger partial charge in [-0.1, -0.05) is 25.4 Å². The molecule has 0 bridgehead atoms. The van der Waals surface area contributed by atoms with Gasteiger partial charge in [-0.15, -0.1) is 0 Å². The van der Waals surface area contributed by atoms with Crippen molar-refractivity contribution in [2.45, 2.75) is 19.9 Å². The summed E-state index contributed by atoms with van der Waals surface area (Å²) in [5, 5.41) is 3.29. The number of anilines is 1. The molecule has 0 spiro atoms. The van der Waals surface area contributed by atoms with Crippen molar-refractivity contribution in [2.24, 2.45) is 5.92 Å². The number of nitrogens with one attached hydrogen (secondary N) is 1. The lowest BCUT2D eigenvalue weighted by molar-refractivity contribution is 0.0867. The van der Waals surface area contributed by atoms with Gasteiger partial charge in [0, 0.05) is 12.8 Å². The van der Waals surface area contributed by atoms with Gasteiger partial charge in [0.25, 0.3) is 5.91 Å². The lowest BCUT2D eigenvalue weighted by Gasteiger charge is -2.21. The van der Waals surface area contributed by atoms with E-state index in [4.69, 9.17) is 22.1 Å². The summed E-state index contributed by atoms with van der Waals surface area (Å²) in [5.41, 5.74) is 6.55. The van der Waals surface area contributed by atoms with E-state index in [1.54, 1.807) is 25.3 Å². The number of nitrogen functional groups attached to an aromatic ring is 1. The molecule has 1 atom stereocenters. The minimum Gasteiger partial charge on any atom is -0.399 e. The second-order valence-corrected chi connectivity index (χ2v) is 4.93. The fourth-order valence-corrected chi connectivity index (χ4v) is 1.75. The van der Waals surface area contributed by atoms with E-state index in [9.17, 15) is 4.79 Å². The molecule has 100 valence electrons. The predicted octanol–water partition coefficient (Wildman–Crippen LogP) is 2.32. The molecule has 1 aromatic rings. The molecule has 1 rings (SSSR count). The van der Waals surface area contributed by atoms with E-state index in [2.05, 4.69) is 5.32 Å². The van der Waals surface area contributed by atoms with Gasteiger partial charge >= 0.3 is 0 Å². The maximum Gasteiger partial charge on any atom is 0.253 e. The van der Waals surface area contributed by atoms with Crippen molar-refractivity contribution in [1.82, 2.24) is 5.32 Å². The highest BCUT2D eigenvalue weighted by Crippen LogP contribution is 2.19. The number of carbonyl (C=O) groups excluding carboxylic acids is 1. The van der Waals surface area contributed by atoms with Crippen LogP contribution in [0.2, 0.25) is 5.02 Å². The molecule has 0 saturated carbocycles. The van der Waals surface area contributed by atoms with Crippen molar-refractivity contribution in [1.29, 1.82) is 0 Å². The number of benzene rings is 1. The van der Waals surface area contributed by atoms with Crippen LogP contribution in [0.5, 0.6) is 0 Å². The van der Waals surface area contributed by atoms with Crippen LogP contribution in [0.3, 0.4) is 0 Å². The van der Waals surface area contributed by atoms with Crippen molar-refractivity contribution in [3.05, 3.63) is 28.8 Å². The monoisotopic (exact) mass is 270 g/mol.